The lowest BCUT2D eigenvalue weighted by molar-refractivity contribution is 0.108. The summed E-state index contributed by atoms with van der Waals surface area (Å²) in [5.41, 5.74) is 2.20. The average molecular weight is 332 g/mol. The van der Waals surface area contributed by atoms with Crippen molar-refractivity contribution in [2.45, 2.75) is 38.8 Å². The third kappa shape index (κ3) is 6.34. The lowest BCUT2D eigenvalue weighted by Crippen LogP contribution is -2.29. The molecule has 0 amide bonds. The third-order valence-electron chi connectivity index (χ3n) is 4.01. The van der Waals surface area contributed by atoms with Crippen molar-refractivity contribution in [3.05, 3.63) is 70.7 Å². The molecule has 0 radical (unpaired) electrons. The van der Waals surface area contributed by atoms with E-state index in [1.807, 2.05) is 30.3 Å². The Morgan fingerprint density at radius 1 is 1.00 bits per heavy atom. The number of hydrogen-bond donors (Lipinski definition) is 1. The van der Waals surface area contributed by atoms with Crippen LogP contribution in [0.1, 0.15) is 43.4 Å². The molecule has 1 atom stereocenters. The number of aliphatic hydroxyl groups is 1. The topological polar surface area (TPSA) is 23.5 Å². The smallest absolute Gasteiger partial charge is 0.0917 e. The molecule has 0 spiro atoms. The Bertz CT molecular complexity index is 556. The Hall–Kier alpha value is -1.35. The van der Waals surface area contributed by atoms with E-state index in [0.717, 1.165) is 25.1 Å². The first-order chi connectivity index (χ1) is 11.2. The Balaban J connectivity index is 1.99. The molecule has 1 N–H and O–H groups in total. The minimum atomic E-state index is -0.488. The van der Waals surface area contributed by atoms with E-state index in [4.69, 9.17) is 11.6 Å². The first kappa shape index (κ1) is 18.0. The van der Waals surface area contributed by atoms with Crippen LogP contribution in [-0.4, -0.2) is 23.1 Å². The summed E-state index contributed by atoms with van der Waals surface area (Å²) in [5.74, 6) is 0. The minimum Gasteiger partial charge on any atom is -0.387 e. The van der Waals surface area contributed by atoms with Gasteiger partial charge in [0.15, 0.2) is 0 Å². The second kappa shape index (κ2) is 9.71. The molecule has 0 aliphatic heterocycles. The molecule has 3 heteroatoms. The summed E-state index contributed by atoms with van der Waals surface area (Å²) >= 11 is 5.92. The molecule has 23 heavy (non-hydrogen) atoms. The molecule has 2 aromatic rings. The van der Waals surface area contributed by atoms with Gasteiger partial charge < -0.3 is 5.11 Å². The summed E-state index contributed by atoms with van der Waals surface area (Å²) in [4.78, 5) is 2.34. The fourth-order valence-electron chi connectivity index (χ4n) is 2.70. The molecular weight excluding hydrogens is 306 g/mol. The number of nitrogens with zero attached hydrogens (tertiary/aromatic N) is 1. The van der Waals surface area contributed by atoms with Crippen LogP contribution in [0.3, 0.4) is 0 Å². The largest absolute Gasteiger partial charge is 0.387 e. The van der Waals surface area contributed by atoms with Crippen molar-refractivity contribution < 1.29 is 5.11 Å². The van der Waals surface area contributed by atoms with Crippen LogP contribution in [0.4, 0.5) is 0 Å². The van der Waals surface area contributed by atoms with Gasteiger partial charge in [0, 0.05) is 18.1 Å². The monoisotopic (exact) mass is 331 g/mol. The standard InChI is InChI=1S/C20H26ClNO/c1-2-3-7-14-22(15-17-8-5-4-6-9-17)16-20(23)18-10-12-19(21)13-11-18/h4-6,8-13,20,23H,2-3,7,14-16H2,1H3/t20-/m1/s1. The molecule has 0 saturated heterocycles. The van der Waals surface area contributed by atoms with Gasteiger partial charge in [0.2, 0.25) is 0 Å². The first-order valence-electron chi connectivity index (χ1n) is 8.39. The fourth-order valence-corrected chi connectivity index (χ4v) is 2.82. The van der Waals surface area contributed by atoms with E-state index in [1.165, 1.54) is 18.4 Å². The lowest BCUT2D eigenvalue weighted by Gasteiger charge is -2.25. The van der Waals surface area contributed by atoms with Gasteiger partial charge in [-0.25, -0.2) is 0 Å². The maximum Gasteiger partial charge on any atom is 0.0917 e. The third-order valence-corrected chi connectivity index (χ3v) is 4.26. The predicted octanol–water partition coefficient (Wildman–Crippen LogP) is 5.07. The lowest BCUT2D eigenvalue weighted by atomic mass is 10.1. The number of rotatable bonds is 9. The number of hydrogen-bond acceptors (Lipinski definition) is 2. The van der Waals surface area contributed by atoms with E-state index in [1.54, 1.807) is 0 Å². The zero-order valence-corrected chi connectivity index (χ0v) is 14.5. The Morgan fingerprint density at radius 3 is 2.35 bits per heavy atom. The van der Waals surface area contributed by atoms with Crippen LogP contribution in [0, 0.1) is 0 Å². The molecule has 0 bridgehead atoms. The molecule has 2 nitrogen and oxygen atoms in total. The van der Waals surface area contributed by atoms with Gasteiger partial charge in [0.25, 0.3) is 0 Å². The van der Waals surface area contributed by atoms with E-state index in [-0.39, 0.29) is 0 Å². The maximum absolute atomic E-state index is 10.5. The van der Waals surface area contributed by atoms with Gasteiger partial charge >= 0.3 is 0 Å². The molecule has 2 rings (SSSR count). The van der Waals surface area contributed by atoms with Crippen LogP contribution in [0.5, 0.6) is 0 Å². The second-order valence-corrected chi connectivity index (χ2v) is 6.43. The molecule has 0 unspecified atom stereocenters. The van der Waals surface area contributed by atoms with Crippen LogP contribution < -0.4 is 0 Å². The highest BCUT2D eigenvalue weighted by molar-refractivity contribution is 6.30. The maximum atomic E-state index is 10.5. The molecular formula is C20H26ClNO. The van der Waals surface area contributed by atoms with Crippen LogP contribution in [0.25, 0.3) is 0 Å². The van der Waals surface area contributed by atoms with E-state index < -0.39 is 6.10 Å². The Kier molecular flexibility index (Phi) is 7.60. The number of unbranched alkanes of at least 4 members (excludes halogenated alkanes) is 2. The summed E-state index contributed by atoms with van der Waals surface area (Å²) in [6, 6.07) is 17.9. The van der Waals surface area contributed by atoms with Crippen molar-refractivity contribution >= 4 is 11.6 Å². The summed E-state index contributed by atoms with van der Waals surface area (Å²) in [7, 11) is 0. The van der Waals surface area contributed by atoms with E-state index in [2.05, 4.69) is 36.1 Å². The van der Waals surface area contributed by atoms with Crippen LogP contribution in [0.2, 0.25) is 5.02 Å². The van der Waals surface area contributed by atoms with Gasteiger partial charge in [-0.15, -0.1) is 0 Å². The van der Waals surface area contributed by atoms with Gasteiger partial charge in [0.1, 0.15) is 0 Å². The fraction of sp³-hybridized carbons (Fsp3) is 0.400. The molecule has 124 valence electrons. The zero-order chi connectivity index (χ0) is 16.5. The zero-order valence-electron chi connectivity index (χ0n) is 13.8. The van der Waals surface area contributed by atoms with Crippen molar-refractivity contribution in [1.82, 2.24) is 4.90 Å². The Labute approximate surface area is 144 Å². The van der Waals surface area contributed by atoms with Crippen molar-refractivity contribution in [2.24, 2.45) is 0 Å². The van der Waals surface area contributed by atoms with Gasteiger partial charge in [-0.05, 0) is 36.2 Å². The molecule has 0 aromatic heterocycles. The van der Waals surface area contributed by atoms with E-state index in [0.29, 0.717) is 11.6 Å². The van der Waals surface area contributed by atoms with Crippen LogP contribution in [0.15, 0.2) is 54.6 Å². The van der Waals surface area contributed by atoms with Crippen molar-refractivity contribution in [3.8, 4) is 0 Å². The summed E-state index contributed by atoms with van der Waals surface area (Å²) in [5, 5.41) is 11.2. The number of halogens is 1. The Morgan fingerprint density at radius 2 is 1.70 bits per heavy atom. The van der Waals surface area contributed by atoms with E-state index in [9.17, 15) is 5.11 Å². The molecule has 0 saturated carbocycles. The highest BCUT2D eigenvalue weighted by Crippen LogP contribution is 2.19. The molecule has 0 heterocycles. The molecule has 2 aromatic carbocycles. The molecule has 0 fully saturated rings. The van der Waals surface area contributed by atoms with Crippen LogP contribution >= 0.6 is 11.6 Å². The van der Waals surface area contributed by atoms with Gasteiger partial charge in [-0.3, -0.25) is 4.90 Å². The quantitative estimate of drug-likeness (QED) is 0.649. The van der Waals surface area contributed by atoms with Crippen molar-refractivity contribution in [2.75, 3.05) is 13.1 Å². The van der Waals surface area contributed by atoms with Crippen LogP contribution in [-0.2, 0) is 6.54 Å². The SMILES string of the molecule is CCCCCN(Cc1ccccc1)C[C@@H](O)c1ccc(Cl)cc1. The number of benzene rings is 2. The molecule has 0 aliphatic carbocycles. The highest BCUT2D eigenvalue weighted by Gasteiger charge is 2.14. The summed E-state index contributed by atoms with van der Waals surface area (Å²) < 4.78 is 0. The van der Waals surface area contributed by atoms with Gasteiger partial charge in [-0.1, -0.05) is 73.8 Å². The number of aliphatic hydroxyl groups excluding tert-OH is 1. The summed E-state index contributed by atoms with van der Waals surface area (Å²) in [6.07, 6.45) is 3.11. The van der Waals surface area contributed by atoms with Crippen molar-refractivity contribution in [1.29, 1.82) is 0 Å². The molecule has 0 aliphatic rings. The van der Waals surface area contributed by atoms with E-state index >= 15 is 0 Å². The average Bonchev–Trinajstić information content (AvgIpc) is 2.56. The second-order valence-electron chi connectivity index (χ2n) is 6.00. The van der Waals surface area contributed by atoms with Gasteiger partial charge in [-0.2, -0.15) is 0 Å². The predicted molar refractivity (Wildman–Crippen MR) is 97.7 cm³/mol. The van der Waals surface area contributed by atoms with Crippen molar-refractivity contribution in [3.63, 3.8) is 0 Å². The highest BCUT2D eigenvalue weighted by atomic mass is 35.5. The normalized spacial score (nSPS) is 12.5. The van der Waals surface area contributed by atoms with Gasteiger partial charge in [0.05, 0.1) is 6.10 Å². The minimum absolute atomic E-state index is 0.488. The summed E-state index contributed by atoms with van der Waals surface area (Å²) in [6.45, 7) is 4.73. The first-order valence-corrected chi connectivity index (χ1v) is 8.76.